The Kier molecular flexibility index (Phi) is 6.92. The number of aryl methyl sites for hydroxylation is 2. The van der Waals surface area contributed by atoms with Crippen LogP contribution in [0.3, 0.4) is 0 Å². The zero-order valence-corrected chi connectivity index (χ0v) is 20.8. The van der Waals surface area contributed by atoms with Crippen LogP contribution in [0.4, 0.5) is 5.69 Å². The van der Waals surface area contributed by atoms with Gasteiger partial charge in [-0.1, -0.05) is 24.3 Å². The number of carbonyl (C=O) groups excluding carboxylic acids is 3. The van der Waals surface area contributed by atoms with Gasteiger partial charge in [-0.3, -0.25) is 19.3 Å². The minimum absolute atomic E-state index is 0.109. The van der Waals surface area contributed by atoms with Crippen LogP contribution in [-0.4, -0.2) is 48.5 Å². The predicted molar refractivity (Wildman–Crippen MR) is 137 cm³/mol. The van der Waals surface area contributed by atoms with Gasteiger partial charge in [0.05, 0.1) is 23.8 Å². The van der Waals surface area contributed by atoms with Crippen molar-refractivity contribution in [3.05, 3.63) is 82.9 Å². The van der Waals surface area contributed by atoms with E-state index < -0.39 is 0 Å². The van der Waals surface area contributed by atoms with E-state index in [9.17, 15) is 14.4 Å². The molecule has 1 N–H and O–H groups in total. The highest BCUT2D eigenvalue weighted by atomic mass is 16.5. The van der Waals surface area contributed by atoms with Gasteiger partial charge in [-0.15, -0.1) is 0 Å². The first-order valence-electron chi connectivity index (χ1n) is 12.3. The molecule has 3 aromatic rings. The number of anilines is 1. The first kappa shape index (κ1) is 24.5. The monoisotopic (exact) mass is 500 g/mol. The third kappa shape index (κ3) is 5.34. The van der Waals surface area contributed by atoms with E-state index in [4.69, 9.17) is 14.2 Å². The summed E-state index contributed by atoms with van der Waals surface area (Å²) in [5.74, 6) is 0.643. The van der Waals surface area contributed by atoms with E-state index >= 15 is 0 Å². The first-order valence-corrected chi connectivity index (χ1v) is 12.3. The number of imide groups is 1. The first-order chi connectivity index (χ1) is 17.9. The largest absolute Gasteiger partial charge is 0.483 e. The lowest BCUT2D eigenvalue weighted by Gasteiger charge is -2.17. The van der Waals surface area contributed by atoms with Crippen LogP contribution in [0.2, 0.25) is 0 Å². The maximum Gasteiger partial charge on any atom is 0.262 e. The number of fused-ring (bicyclic) bond motifs is 1. The topological polar surface area (TPSA) is 94.2 Å². The Balaban J connectivity index is 1.22. The van der Waals surface area contributed by atoms with Crippen LogP contribution >= 0.6 is 0 Å². The lowest BCUT2D eigenvalue weighted by atomic mass is 10.1. The van der Waals surface area contributed by atoms with Gasteiger partial charge in [-0.25, -0.2) is 0 Å². The fraction of sp³-hybridized carbons (Fsp3) is 0.276. The van der Waals surface area contributed by atoms with Crippen LogP contribution in [0.1, 0.15) is 44.7 Å². The molecule has 0 bridgehead atoms. The van der Waals surface area contributed by atoms with E-state index in [1.54, 1.807) is 42.5 Å². The summed E-state index contributed by atoms with van der Waals surface area (Å²) in [6.45, 7) is 4.67. The summed E-state index contributed by atoms with van der Waals surface area (Å²) in [5, 5.41) is 2.81. The molecular weight excluding hydrogens is 472 g/mol. The van der Waals surface area contributed by atoms with Gasteiger partial charge in [0, 0.05) is 18.4 Å². The molecule has 0 aromatic heterocycles. The number of nitrogens with one attached hydrogen (secondary N) is 1. The molecule has 5 rings (SSSR count). The lowest BCUT2D eigenvalue weighted by Crippen LogP contribution is -2.36. The van der Waals surface area contributed by atoms with Crippen molar-refractivity contribution in [1.29, 1.82) is 0 Å². The summed E-state index contributed by atoms with van der Waals surface area (Å²) in [4.78, 5) is 39.4. The van der Waals surface area contributed by atoms with Gasteiger partial charge in [0.2, 0.25) is 0 Å². The van der Waals surface area contributed by atoms with Gasteiger partial charge in [-0.2, -0.15) is 0 Å². The highest BCUT2D eigenvalue weighted by molar-refractivity contribution is 6.21. The minimum atomic E-state index is -0.342. The summed E-state index contributed by atoms with van der Waals surface area (Å²) in [7, 11) is 0. The molecule has 2 heterocycles. The van der Waals surface area contributed by atoms with Crippen molar-refractivity contribution in [3.63, 3.8) is 0 Å². The van der Waals surface area contributed by atoms with E-state index in [0.29, 0.717) is 40.7 Å². The maximum atomic E-state index is 12.9. The second kappa shape index (κ2) is 10.4. The van der Waals surface area contributed by atoms with Crippen molar-refractivity contribution < 1.29 is 28.6 Å². The Morgan fingerprint density at radius 2 is 1.70 bits per heavy atom. The second-order valence-corrected chi connectivity index (χ2v) is 9.25. The Bertz CT molecular complexity index is 1340. The highest BCUT2D eigenvalue weighted by Gasteiger charge is 2.37. The van der Waals surface area contributed by atoms with Gasteiger partial charge < -0.3 is 19.5 Å². The number of hydrogen-bond acceptors (Lipinski definition) is 6. The van der Waals surface area contributed by atoms with E-state index in [-0.39, 0.29) is 37.0 Å². The highest BCUT2D eigenvalue weighted by Crippen LogP contribution is 2.31. The molecule has 2 aliphatic rings. The fourth-order valence-electron chi connectivity index (χ4n) is 4.63. The number of nitrogens with zero attached hydrogens (tertiary/aromatic N) is 1. The van der Waals surface area contributed by atoms with Crippen molar-refractivity contribution in [3.8, 4) is 17.2 Å². The predicted octanol–water partition coefficient (Wildman–Crippen LogP) is 4.89. The smallest absolute Gasteiger partial charge is 0.262 e. The molecule has 0 spiro atoms. The summed E-state index contributed by atoms with van der Waals surface area (Å²) in [6.07, 6.45) is 1.67. The lowest BCUT2D eigenvalue weighted by molar-refractivity contribution is -0.118. The molecule has 37 heavy (non-hydrogen) atoms. The van der Waals surface area contributed by atoms with Gasteiger partial charge in [0.25, 0.3) is 17.7 Å². The molecule has 3 amide bonds. The zero-order valence-electron chi connectivity index (χ0n) is 20.8. The Morgan fingerprint density at radius 3 is 2.46 bits per heavy atom. The van der Waals surface area contributed by atoms with Crippen molar-refractivity contribution in [1.82, 2.24) is 4.90 Å². The van der Waals surface area contributed by atoms with Crippen LogP contribution in [-0.2, 0) is 9.53 Å². The second-order valence-electron chi connectivity index (χ2n) is 9.25. The van der Waals surface area contributed by atoms with Crippen molar-refractivity contribution >= 4 is 23.4 Å². The van der Waals surface area contributed by atoms with E-state index in [2.05, 4.69) is 5.32 Å². The number of ether oxygens (including phenoxy) is 3. The number of amides is 3. The summed E-state index contributed by atoms with van der Waals surface area (Å²) in [5.41, 5.74) is 3.15. The number of benzene rings is 3. The summed E-state index contributed by atoms with van der Waals surface area (Å²) in [6, 6.07) is 17.6. The van der Waals surface area contributed by atoms with Crippen LogP contribution in [0, 0.1) is 13.8 Å². The average molecular weight is 501 g/mol. The zero-order chi connectivity index (χ0) is 25.9. The minimum Gasteiger partial charge on any atom is -0.483 e. The van der Waals surface area contributed by atoms with E-state index in [1.165, 1.54) is 4.90 Å². The third-order valence-electron chi connectivity index (χ3n) is 6.46. The molecule has 8 heteroatoms. The van der Waals surface area contributed by atoms with Gasteiger partial charge in [0.15, 0.2) is 6.61 Å². The molecule has 3 aromatic carbocycles. The molecule has 190 valence electrons. The number of rotatable bonds is 8. The average Bonchev–Trinajstić information content (AvgIpc) is 3.47. The van der Waals surface area contributed by atoms with Crippen LogP contribution in [0.5, 0.6) is 17.2 Å². The molecule has 0 aliphatic carbocycles. The van der Waals surface area contributed by atoms with E-state index in [1.807, 2.05) is 32.0 Å². The quantitative estimate of drug-likeness (QED) is 0.443. The van der Waals surface area contributed by atoms with Crippen molar-refractivity contribution in [2.24, 2.45) is 0 Å². The standard InChI is InChI=1S/C29H28N2O6/c1-18-6-3-7-19(2)27(18)36-17-26(32)30-20-8-4-9-21(14-20)37-22-11-12-24-25(15-22)29(34)31(28(24)33)16-23-10-5-13-35-23/h3-4,6-9,11-12,14-15,23H,5,10,13,16-17H2,1-2H3,(H,30,32). The molecule has 2 aliphatic heterocycles. The molecular formula is C29H28N2O6. The molecule has 0 saturated carbocycles. The Hall–Kier alpha value is -4.17. The number of para-hydroxylation sites is 1. The van der Waals surface area contributed by atoms with Gasteiger partial charge in [-0.05, 0) is 68.1 Å². The SMILES string of the molecule is Cc1cccc(C)c1OCC(=O)Nc1cccc(Oc2ccc3c(c2)C(=O)N(CC2CCCO2)C3=O)c1. The Labute approximate surface area is 215 Å². The summed E-state index contributed by atoms with van der Waals surface area (Å²) < 4.78 is 17.3. The van der Waals surface area contributed by atoms with E-state index in [0.717, 1.165) is 24.0 Å². The fourth-order valence-corrected chi connectivity index (χ4v) is 4.63. The molecule has 1 saturated heterocycles. The van der Waals surface area contributed by atoms with Crippen molar-refractivity contribution in [2.75, 3.05) is 25.1 Å². The molecule has 1 fully saturated rings. The van der Waals surface area contributed by atoms with Gasteiger partial charge >= 0.3 is 0 Å². The third-order valence-corrected chi connectivity index (χ3v) is 6.46. The molecule has 1 unspecified atom stereocenters. The van der Waals surface area contributed by atoms with Gasteiger partial charge in [0.1, 0.15) is 17.2 Å². The molecule has 0 radical (unpaired) electrons. The Morgan fingerprint density at radius 1 is 0.973 bits per heavy atom. The maximum absolute atomic E-state index is 12.9. The molecule has 1 atom stereocenters. The van der Waals surface area contributed by atoms with Crippen LogP contribution < -0.4 is 14.8 Å². The summed E-state index contributed by atoms with van der Waals surface area (Å²) >= 11 is 0. The van der Waals surface area contributed by atoms with Crippen LogP contribution in [0.25, 0.3) is 0 Å². The van der Waals surface area contributed by atoms with Crippen molar-refractivity contribution in [2.45, 2.75) is 32.8 Å². The normalized spacial score (nSPS) is 16.6. The number of carbonyl (C=O) groups is 3. The molecule has 8 nitrogen and oxygen atoms in total. The van der Waals surface area contributed by atoms with Crippen LogP contribution in [0.15, 0.2) is 60.7 Å². The number of hydrogen-bond donors (Lipinski definition) is 1.